The molecule has 0 aliphatic heterocycles. The van der Waals surface area contributed by atoms with Gasteiger partial charge in [-0.05, 0) is 20.8 Å². The molecule has 0 bridgehead atoms. The maximum atomic E-state index is 11.1. The Bertz CT molecular complexity index is 209. The van der Waals surface area contributed by atoms with Crippen molar-refractivity contribution in [1.29, 1.82) is 0 Å². The van der Waals surface area contributed by atoms with Crippen molar-refractivity contribution in [2.45, 2.75) is 33.3 Å². The standard InChI is InChI=1S/C8H15NO3/c1-6(9(5)11)7(10)12-8(2,3)4/h1-5H3/b9-6+. The van der Waals surface area contributed by atoms with Crippen molar-refractivity contribution in [3.05, 3.63) is 5.21 Å². The Morgan fingerprint density at radius 1 is 1.42 bits per heavy atom. The third kappa shape index (κ3) is 3.95. The van der Waals surface area contributed by atoms with Gasteiger partial charge in [0.1, 0.15) is 12.6 Å². The van der Waals surface area contributed by atoms with Crippen molar-refractivity contribution in [3.63, 3.8) is 0 Å². The van der Waals surface area contributed by atoms with E-state index in [1.54, 1.807) is 20.8 Å². The van der Waals surface area contributed by atoms with Gasteiger partial charge in [0.05, 0.1) is 0 Å². The lowest BCUT2D eigenvalue weighted by Gasteiger charge is -2.18. The highest BCUT2D eigenvalue weighted by Gasteiger charge is 2.21. The van der Waals surface area contributed by atoms with E-state index in [4.69, 9.17) is 4.74 Å². The van der Waals surface area contributed by atoms with Gasteiger partial charge in [0, 0.05) is 6.92 Å². The predicted molar refractivity (Wildman–Crippen MR) is 46.1 cm³/mol. The lowest BCUT2D eigenvalue weighted by Crippen LogP contribution is -2.30. The van der Waals surface area contributed by atoms with Crippen LogP contribution in [0.1, 0.15) is 27.7 Å². The van der Waals surface area contributed by atoms with Gasteiger partial charge in [0.2, 0.25) is 0 Å². The number of hydrogen-bond donors (Lipinski definition) is 0. The summed E-state index contributed by atoms with van der Waals surface area (Å²) in [7, 11) is 1.26. The first kappa shape index (κ1) is 10.9. The van der Waals surface area contributed by atoms with Crippen molar-refractivity contribution < 1.29 is 14.3 Å². The molecule has 0 radical (unpaired) electrons. The largest absolute Gasteiger partial charge is 0.624 e. The van der Waals surface area contributed by atoms with Crippen molar-refractivity contribution in [3.8, 4) is 0 Å². The fraction of sp³-hybridized carbons (Fsp3) is 0.750. The summed E-state index contributed by atoms with van der Waals surface area (Å²) in [5, 5.41) is 10.6. The molecular formula is C8H15NO3. The Labute approximate surface area is 72.4 Å². The predicted octanol–water partition coefficient (Wildman–Crippen LogP) is 0.929. The number of carbonyl (C=O) groups is 1. The summed E-state index contributed by atoms with van der Waals surface area (Å²) in [5.74, 6) is -0.569. The molecule has 0 atom stereocenters. The molecule has 0 spiro atoms. The maximum absolute atomic E-state index is 11.1. The average Bonchev–Trinajstić information content (AvgIpc) is 1.82. The van der Waals surface area contributed by atoms with E-state index in [0.717, 1.165) is 0 Å². The first-order valence-corrected chi connectivity index (χ1v) is 3.72. The molecular weight excluding hydrogens is 158 g/mol. The molecule has 0 amide bonds. The highest BCUT2D eigenvalue weighted by molar-refractivity contribution is 6.33. The summed E-state index contributed by atoms with van der Waals surface area (Å²) in [4.78, 5) is 11.1. The van der Waals surface area contributed by atoms with E-state index >= 15 is 0 Å². The summed E-state index contributed by atoms with van der Waals surface area (Å²) in [6.45, 7) is 6.69. The van der Waals surface area contributed by atoms with Crippen molar-refractivity contribution in [2.24, 2.45) is 0 Å². The summed E-state index contributed by atoms with van der Waals surface area (Å²) in [5.41, 5.74) is -0.487. The maximum Gasteiger partial charge on any atom is 0.400 e. The summed E-state index contributed by atoms with van der Waals surface area (Å²) in [6.07, 6.45) is 0. The molecule has 4 nitrogen and oxygen atoms in total. The van der Waals surface area contributed by atoms with Gasteiger partial charge in [0.15, 0.2) is 0 Å². The Kier molecular flexibility index (Phi) is 3.24. The smallest absolute Gasteiger partial charge is 0.400 e. The lowest BCUT2D eigenvalue weighted by molar-refractivity contribution is -0.423. The van der Waals surface area contributed by atoms with Crippen LogP contribution < -0.4 is 0 Å². The fourth-order valence-corrected chi connectivity index (χ4v) is 0.481. The molecule has 0 unspecified atom stereocenters. The summed E-state index contributed by atoms with van der Waals surface area (Å²) >= 11 is 0. The quantitative estimate of drug-likeness (QED) is 0.195. The number of esters is 1. The van der Waals surface area contributed by atoms with E-state index in [1.807, 2.05) is 0 Å². The van der Waals surface area contributed by atoms with Gasteiger partial charge in [-0.15, -0.1) is 0 Å². The number of nitrogens with zero attached hydrogens (tertiary/aromatic N) is 1. The van der Waals surface area contributed by atoms with E-state index in [1.165, 1.54) is 14.0 Å². The molecule has 0 rings (SSSR count). The molecule has 0 aromatic carbocycles. The minimum atomic E-state index is -0.569. The second kappa shape index (κ2) is 3.56. The van der Waals surface area contributed by atoms with Gasteiger partial charge in [-0.3, -0.25) is 0 Å². The third-order valence-electron chi connectivity index (χ3n) is 1.17. The summed E-state index contributed by atoms with van der Waals surface area (Å²) < 4.78 is 5.44. The zero-order valence-corrected chi connectivity index (χ0v) is 8.17. The highest BCUT2D eigenvalue weighted by Crippen LogP contribution is 2.06. The van der Waals surface area contributed by atoms with Gasteiger partial charge < -0.3 is 9.94 Å². The number of rotatable bonds is 1. The molecule has 0 fully saturated rings. The number of ether oxygens (including phenoxy) is 1. The molecule has 0 N–H and O–H groups in total. The second-order valence-electron chi connectivity index (χ2n) is 3.58. The first-order valence-electron chi connectivity index (χ1n) is 3.72. The van der Waals surface area contributed by atoms with Gasteiger partial charge in [-0.25, -0.2) is 9.53 Å². The van der Waals surface area contributed by atoms with Crippen LogP contribution in [-0.4, -0.2) is 29.1 Å². The van der Waals surface area contributed by atoms with Gasteiger partial charge in [-0.1, -0.05) is 0 Å². The van der Waals surface area contributed by atoms with Gasteiger partial charge in [0.25, 0.3) is 5.71 Å². The molecule has 12 heavy (non-hydrogen) atoms. The van der Waals surface area contributed by atoms with Crippen LogP contribution >= 0.6 is 0 Å². The fourth-order valence-electron chi connectivity index (χ4n) is 0.481. The monoisotopic (exact) mass is 173 g/mol. The first-order chi connectivity index (χ1) is 5.24. The highest BCUT2D eigenvalue weighted by atomic mass is 16.6. The Balaban J connectivity index is 4.36. The van der Waals surface area contributed by atoms with Crippen LogP contribution in [0.25, 0.3) is 0 Å². The minimum Gasteiger partial charge on any atom is -0.624 e. The van der Waals surface area contributed by atoms with Crippen LogP contribution in [0.5, 0.6) is 0 Å². The lowest BCUT2D eigenvalue weighted by atomic mass is 10.2. The van der Waals surface area contributed by atoms with E-state index in [9.17, 15) is 10.0 Å². The molecule has 4 heteroatoms. The topological polar surface area (TPSA) is 52.4 Å². The Morgan fingerprint density at radius 2 is 1.83 bits per heavy atom. The minimum absolute atomic E-state index is 0.0601. The molecule has 0 aromatic rings. The Morgan fingerprint density at radius 3 is 2.08 bits per heavy atom. The molecule has 0 aliphatic carbocycles. The molecule has 0 saturated heterocycles. The molecule has 0 aromatic heterocycles. The second-order valence-corrected chi connectivity index (χ2v) is 3.58. The summed E-state index contributed by atoms with van der Waals surface area (Å²) in [6, 6.07) is 0. The van der Waals surface area contributed by atoms with Gasteiger partial charge in [-0.2, -0.15) is 0 Å². The zero-order valence-electron chi connectivity index (χ0n) is 8.17. The van der Waals surface area contributed by atoms with E-state index < -0.39 is 11.6 Å². The SMILES string of the molecule is C/C(C(=O)OC(C)(C)C)=[N+](/C)[O-]. The van der Waals surface area contributed by atoms with Crippen LogP contribution in [0, 0.1) is 5.21 Å². The Hall–Kier alpha value is -1.06. The molecule has 0 heterocycles. The van der Waals surface area contributed by atoms with Crippen molar-refractivity contribution >= 4 is 11.7 Å². The van der Waals surface area contributed by atoms with Crippen LogP contribution in [0.4, 0.5) is 0 Å². The van der Waals surface area contributed by atoms with E-state index in [0.29, 0.717) is 4.74 Å². The van der Waals surface area contributed by atoms with Gasteiger partial charge >= 0.3 is 5.97 Å². The molecule has 70 valence electrons. The molecule has 0 saturated carbocycles. The van der Waals surface area contributed by atoms with E-state index in [2.05, 4.69) is 0 Å². The normalized spacial score (nSPS) is 13.8. The van der Waals surface area contributed by atoms with E-state index in [-0.39, 0.29) is 5.71 Å². The molecule has 0 aliphatic rings. The van der Waals surface area contributed by atoms with Crippen LogP contribution in [0.3, 0.4) is 0 Å². The van der Waals surface area contributed by atoms with Crippen LogP contribution in [0.15, 0.2) is 0 Å². The number of hydroxylamine groups is 1. The number of carbonyl (C=O) groups excluding carboxylic acids is 1. The third-order valence-corrected chi connectivity index (χ3v) is 1.17. The van der Waals surface area contributed by atoms with Crippen LogP contribution in [0.2, 0.25) is 0 Å². The van der Waals surface area contributed by atoms with Crippen molar-refractivity contribution in [2.75, 3.05) is 7.05 Å². The van der Waals surface area contributed by atoms with Crippen LogP contribution in [-0.2, 0) is 9.53 Å². The average molecular weight is 173 g/mol. The van der Waals surface area contributed by atoms with Crippen molar-refractivity contribution in [1.82, 2.24) is 0 Å². The zero-order chi connectivity index (χ0) is 9.94. The number of hydrogen-bond acceptors (Lipinski definition) is 3.